The molecule has 4 rings (SSSR count). The monoisotopic (exact) mass is 452 g/mol. The Morgan fingerprint density at radius 2 is 1.73 bits per heavy atom. The lowest BCUT2D eigenvalue weighted by molar-refractivity contribution is -0.156. The van der Waals surface area contributed by atoms with Crippen LogP contribution in [0.25, 0.3) is 11.1 Å². The Hall–Kier alpha value is -3.39. The van der Waals surface area contributed by atoms with Gasteiger partial charge in [-0.2, -0.15) is 0 Å². The number of likely N-dealkylation sites (tertiary alicyclic amines) is 1. The summed E-state index contributed by atoms with van der Waals surface area (Å²) in [5.74, 6) is -1.66. The lowest BCUT2D eigenvalue weighted by atomic mass is 9.98. The summed E-state index contributed by atoms with van der Waals surface area (Å²) in [5.41, 5.74) is 3.12. The SMILES string of the molecule is COCC(NC(=O)OCC1c2ccccc2-c2ccccc21)C(=O)N1CCCC1(C)C(=O)O. The van der Waals surface area contributed by atoms with Gasteiger partial charge in [0.05, 0.1) is 6.61 Å². The molecule has 0 saturated carbocycles. The maximum Gasteiger partial charge on any atom is 0.407 e. The molecule has 1 fully saturated rings. The van der Waals surface area contributed by atoms with Crippen molar-refractivity contribution in [2.45, 2.75) is 37.3 Å². The second-order valence-corrected chi connectivity index (χ2v) is 8.65. The number of carboxylic acid groups (broad SMARTS) is 1. The zero-order valence-corrected chi connectivity index (χ0v) is 18.7. The van der Waals surface area contributed by atoms with Crippen LogP contribution >= 0.6 is 0 Å². The number of hydrogen-bond donors (Lipinski definition) is 2. The predicted molar refractivity (Wildman–Crippen MR) is 121 cm³/mol. The van der Waals surface area contributed by atoms with Crippen LogP contribution in [-0.2, 0) is 19.1 Å². The maximum atomic E-state index is 13.1. The summed E-state index contributed by atoms with van der Waals surface area (Å²) in [4.78, 5) is 38.8. The van der Waals surface area contributed by atoms with Crippen molar-refractivity contribution in [2.75, 3.05) is 26.9 Å². The summed E-state index contributed by atoms with van der Waals surface area (Å²) in [6.07, 6.45) is 0.196. The topological polar surface area (TPSA) is 105 Å². The van der Waals surface area contributed by atoms with Crippen molar-refractivity contribution in [1.29, 1.82) is 0 Å². The molecular formula is C25H28N2O6. The minimum absolute atomic E-state index is 0.0881. The molecule has 33 heavy (non-hydrogen) atoms. The molecule has 2 aliphatic rings. The van der Waals surface area contributed by atoms with Crippen molar-refractivity contribution in [3.63, 3.8) is 0 Å². The third-order valence-electron chi connectivity index (χ3n) is 6.63. The first-order chi connectivity index (χ1) is 15.9. The van der Waals surface area contributed by atoms with Crippen molar-refractivity contribution >= 4 is 18.0 Å². The first-order valence-corrected chi connectivity index (χ1v) is 11.0. The largest absolute Gasteiger partial charge is 0.480 e. The molecule has 2 aromatic carbocycles. The second-order valence-electron chi connectivity index (χ2n) is 8.65. The Morgan fingerprint density at radius 1 is 1.12 bits per heavy atom. The zero-order valence-electron chi connectivity index (χ0n) is 18.7. The van der Waals surface area contributed by atoms with Gasteiger partial charge in [0.2, 0.25) is 5.91 Å². The van der Waals surface area contributed by atoms with Crippen LogP contribution < -0.4 is 5.32 Å². The minimum atomic E-state index is -1.30. The van der Waals surface area contributed by atoms with Crippen LogP contribution in [0.3, 0.4) is 0 Å². The number of carbonyl (C=O) groups excluding carboxylic acids is 2. The highest BCUT2D eigenvalue weighted by atomic mass is 16.5. The van der Waals surface area contributed by atoms with Crippen molar-refractivity contribution in [1.82, 2.24) is 10.2 Å². The highest BCUT2D eigenvalue weighted by molar-refractivity contribution is 5.92. The number of hydrogen-bond acceptors (Lipinski definition) is 5. The van der Waals surface area contributed by atoms with E-state index in [1.807, 2.05) is 36.4 Å². The summed E-state index contributed by atoms with van der Waals surface area (Å²) >= 11 is 0. The number of carboxylic acids is 1. The lowest BCUT2D eigenvalue weighted by Gasteiger charge is -2.33. The molecule has 2 atom stereocenters. The van der Waals surface area contributed by atoms with Crippen molar-refractivity contribution in [3.05, 3.63) is 59.7 Å². The molecule has 0 radical (unpaired) electrons. The van der Waals surface area contributed by atoms with E-state index < -0.39 is 29.6 Å². The van der Waals surface area contributed by atoms with Gasteiger partial charge in [0.25, 0.3) is 0 Å². The lowest BCUT2D eigenvalue weighted by Crippen LogP contribution is -2.58. The van der Waals surface area contributed by atoms with Crippen LogP contribution in [0.2, 0.25) is 0 Å². The molecule has 1 aliphatic carbocycles. The van der Waals surface area contributed by atoms with Gasteiger partial charge in [0.15, 0.2) is 0 Å². The van der Waals surface area contributed by atoms with Crippen molar-refractivity contribution < 1.29 is 29.0 Å². The van der Waals surface area contributed by atoms with Crippen LogP contribution in [0.15, 0.2) is 48.5 Å². The predicted octanol–water partition coefficient (Wildman–Crippen LogP) is 3.01. The van der Waals surface area contributed by atoms with E-state index >= 15 is 0 Å². The third-order valence-corrected chi connectivity index (χ3v) is 6.63. The standard InChI is InChI=1S/C25H28N2O6/c1-25(23(29)30)12-7-13-27(25)22(28)21(15-32-2)26-24(31)33-14-20-18-10-5-3-8-16(18)17-9-4-6-11-19(17)20/h3-6,8-11,20-21H,7,12-15H2,1-2H3,(H,26,31)(H,29,30). The van der Waals surface area contributed by atoms with Gasteiger partial charge in [0, 0.05) is 19.6 Å². The minimum Gasteiger partial charge on any atom is -0.480 e. The summed E-state index contributed by atoms with van der Waals surface area (Å²) in [6.45, 7) is 1.87. The van der Waals surface area contributed by atoms with E-state index in [2.05, 4.69) is 17.4 Å². The number of nitrogens with one attached hydrogen (secondary N) is 1. The molecule has 2 N–H and O–H groups in total. The Morgan fingerprint density at radius 3 is 2.30 bits per heavy atom. The molecule has 2 aromatic rings. The molecule has 0 spiro atoms. The van der Waals surface area contributed by atoms with Gasteiger partial charge in [-0.25, -0.2) is 9.59 Å². The number of aliphatic carboxylic acids is 1. The molecule has 8 heteroatoms. The molecule has 2 unspecified atom stereocenters. The molecule has 1 aliphatic heterocycles. The van der Waals surface area contributed by atoms with Gasteiger partial charge in [-0.1, -0.05) is 48.5 Å². The number of alkyl carbamates (subject to hydrolysis) is 1. The van der Waals surface area contributed by atoms with Crippen LogP contribution in [0.1, 0.15) is 36.8 Å². The van der Waals surface area contributed by atoms with E-state index in [9.17, 15) is 19.5 Å². The number of ether oxygens (including phenoxy) is 2. The van der Waals surface area contributed by atoms with Gasteiger partial charge in [-0.15, -0.1) is 0 Å². The molecule has 8 nitrogen and oxygen atoms in total. The number of rotatable bonds is 7. The molecule has 174 valence electrons. The average molecular weight is 453 g/mol. The van der Waals surface area contributed by atoms with Gasteiger partial charge in [-0.3, -0.25) is 4.79 Å². The molecular weight excluding hydrogens is 424 g/mol. The highest BCUT2D eigenvalue weighted by Gasteiger charge is 2.47. The highest BCUT2D eigenvalue weighted by Crippen LogP contribution is 2.44. The van der Waals surface area contributed by atoms with Crippen molar-refractivity contribution in [2.24, 2.45) is 0 Å². The molecule has 1 heterocycles. The van der Waals surface area contributed by atoms with Gasteiger partial charge in [-0.05, 0) is 42.0 Å². The first-order valence-electron chi connectivity index (χ1n) is 11.0. The van der Waals surface area contributed by atoms with E-state index in [0.29, 0.717) is 19.4 Å². The van der Waals surface area contributed by atoms with E-state index in [4.69, 9.17) is 9.47 Å². The number of carbonyl (C=O) groups is 3. The first kappa shape index (κ1) is 22.8. The summed E-state index contributed by atoms with van der Waals surface area (Å²) in [6, 6.07) is 15.0. The Balaban J connectivity index is 1.44. The summed E-state index contributed by atoms with van der Waals surface area (Å²) in [7, 11) is 1.42. The number of fused-ring (bicyclic) bond motifs is 3. The smallest absolute Gasteiger partial charge is 0.407 e. The van der Waals surface area contributed by atoms with Gasteiger partial charge in [0.1, 0.15) is 18.2 Å². The Kier molecular flexibility index (Phi) is 6.37. The van der Waals surface area contributed by atoms with E-state index in [1.54, 1.807) is 0 Å². The fourth-order valence-corrected chi connectivity index (χ4v) is 4.85. The van der Waals surface area contributed by atoms with E-state index in [0.717, 1.165) is 22.3 Å². The normalized spacial score (nSPS) is 20.1. The number of benzene rings is 2. The number of nitrogens with zero attached hydrogens (tertiary/aromatic N) is 1. The Bertz CT molecular complexity index is 1020. The fraction of sp³-hybridized carbons (Fsp3) is 0.400. The molecule has 1 saturated heterocycles. The fourth-order valence-electron chi connectivity index (χ4n) is 4.85. The van der Waals surface area contributed by atoms with Crippen molar-refractivity contribution in [3.8, 4) is 11.1 Å². The number of methoxy groups -OCH3 is 1. The van der Waals surface area contributed by atoms with Crippen LogP contribution in [0, 0.1) is 0 Å². The van der Waals surface area contributed by atoms with Crippen LogP contribution in [-0.4, -0.2) is 66.4 Å². The van der Waals surface area contributed by atoms with E-state index in [1.165, 1.54) is 18.9 Å². The third kappa shape index (κ3) is 4.18. The zero-order chi connectivity index (χ0) is 23.6. The van der Waals surface area contributed by atoms with Crippen LogP contribution in [0.4, 0.5) is 4.79 Å². The quantitative estimate of drug-likeness (QED) is 0.669. The van der Waals surface area contributed by atoms with Crippen LogP contribution in [0.5, 0.6) is 0 Å². The van der Waals surface area contributed by atoms with E-state index in [-0.39, 0.29) is 19.1 Å². The number of amides is 2. The second kappa shape index (κ2) is 9.23. The van der Waals surface area contributed by atoms with Gasteiger partial charge >= 0.3 is 12.1 Å². The summed E-state index contributed by atoms with van der Waals surface area (Å²) < 4.78 is 10.7. The Labute approximate surface area is 192 Å². The van der Waals surface area contributed by atoms with Gasteiger partial charge < -0.3 is 24.8 Å². The maximum absolute atomic E-state index is 13.1. The summed E-state index contributed by atoms with van der Waals surface area (Å²) in [5, 5.41) is 12.2. The average Bonchev–Trinajstić information content (AvgIpc) is 3.36. The molecule has 2 amide bonds. The molecule has 0 bridgehead atoms. The molecule has 0 aromatic heterocycles.